The second kappa shape index (κ2) is 11.1. The highest BCUT2D eigenvalue weighted by molar-refractivity contribution is 9.11. The Balaban J connectivity index is 2.13. The number of carbonyl (C=O) groups is 1. The summed E-state index contributed by atoms with van der Waals surface area (Å²) in [5, 5.41) is 16.0. The molecule has 0 fully saturated rings. The zero-order chi connectivity index (χ0) is 23.2. The van der Waals surface area contributed by atoms with E-state index in [0.717, 1.165) is 5.56 Å². The largest absolute Gasteiger partial charge is 0.423 e. The number of nitrogens with one attached hydrogen (secondary N) is 2. The Labute approximate surface area is 203 Å². The minimum atomic E-state index is -4.91. The molecule has 0 spiro atoms. The number of rotatable bonds is 9. The lowest BCUT2D eigenvalue weighted by Gasteiger charge is -2.32. The van der Waals surface area contributed by atoms with Crippen molar-refractivity contribution < 1.29 is 27.8 Å². The van der Waals surface area contributed by atoms with E-state index in [1.807, 2.05) is 0 Å². The van der Waals surface area contributed by atoms with E-state index in [1.165, 1.54) is 19.2 Å². The zero-order valence-electron chi connectivity index (χ0n) is 16.3. The van der Waals surface area contributed by atoms with Gasteiger partial charge in [-0.2, -0.15) is 13.2 Å². The molecule has 0 saturated heterocycles. The normalized spacial score (nSPS) is 13.5. The topological polar surface area (TPSA) is 70.6 Å². The first-order valence-corrected chi connectivity index (χ1v) is 11.4. The number of methoxy groups -OCH3 is 1. The summed E-state index contributed by atoms with van der Waals surface area (Å²) in [4.78, 5) is 11.7. The number of benzene rings is 2. The molecular weight excluding hydrogens is 613 g/mol. The van der Waals surface area contributed by atoms with Crippen LogP contribution in [0.5, 0.6) is 0 Å². The van der Waals surface area contributed by atoms with Crippen LogP contribution < -0.4 is 10.6 Å². The van der Waals surface area contributed by atoms with Gasteiger partial charge in [0.05, 0.1) is 13.2 Å². The molecule has 170 valence electrons. The summed E-state index contributed by atoms with van der Waals surface area (Å²) in [7, 11) is 1.50. The van der Waals surface area contributed by atoms with Crippen LogP contribution in [-0.4, -0.2) is 37.5 Å². The van der Waals surface area contributed by atoms with Gasteiger partial charge in [-0.3, -0.25) is 4.79 Å². The number of anilines is 1. The SMILES string of the molecule is COCCC(=O)NCc1ccc(NC[C@@](O)(c2cc(Br)cc(Br)c2)C(F)(F)F)cc1Br. The summed E-state index contributed by atoms with van der Waals surface area (Å²) in [5.41, 5.74) is -2.29. The Morgan fingerprint density at radius 2 is 1.74 bits per heavy atom. The molecule has 0 aromatic heterocycles. The van der Waals surface area contributed by atoms with Crippen LogP contribution in [0, 0.1) is 0 Å². The van der Waals surface area contributed by atoms with Crippen LogP contribution in [0.1, 0.15) is 17.5 Å². The molecular formula is C20H20Br3F3N2O3. The van der Waals surface area contributed by atoms with Crippen LogP contribution >= 0.6 is 47.8 Å². The van der Waals surface area contributed by atoms with E-state index in [4.69, 9.17) is 4.74 Å². The summed E-state index contributed by atoms with van der Waals surface area (Å²) >= 11 is 9.67. The van der Waals surface area contributed by atoms with Crippen molar-refractivity contribution in [2.45, 2.75) is 24.7 Å². The summed E-state index contributed by atoms with van der Waals surface area (Å²) in [5.74, 6) is -0.175. The lowest BCUT2D eigenvalue weighted by Crippen LogP contribution is -2.47. The molecule has 0 aliphatic rings. The van der Waals surface area contributed by atoms with E-state index >= 15 is 0 Å². The third-order valence-corrected chi connectivity index (χ3v) is 6.07. The van der Waals surface area contributed by atoms with Crippen LogP contribution in [0.3, 0.4) is 0 Å². The maximum absolute atomic E-state index is 13.8. The molecule has 3 N–H and O–H groups in total. The smallest absolute Gasteiger partial charge is 0.384 e. The van der Waals surface area contributed by atoms with Crippen molar-refractivity contribution in [3.8, 4) is 0 Å². The first-order valence-electron chi connectivity index (χ1n) is 9.00. The van der Waals surface area contributed by atoms with Crippen LogP contribution in [0.4, 0.5) is 18.9 Å². The van der Waals surface area contributed by atoms with E-state index in [1.54, 1.807) is 24.3 Å². The fraction of sp³-hybridized carbons (Fsp3) is 0.350. The molecule has 31 heavy (non-hydrogen) atoms. The van der Waals surface area contributed by atoms with E-state index in [2.05, 4.69) is 58.4 Å². The van der Waals surface area contributed by atoms with Crippen molar-refractivity contribution in [3.05, 3.63) is 60.9 Å². The van der Waals surface area contributed by atoms with Crippen molar-refractivity contribution >= 4 is 59.4 Å². The molecule has 0 heterocycles. The molecule has 2 rings (SSSR count). The number of hydrogen-bond donors (Lipinski definition) is 3. The average Bonchev–Trinajstić information content (AvgIpc) is 2.68. The van der Waals surface area contributed by atoms with E-state index in [-0.39, 0.29) is 24.4 Å². The first-order chi connectivity index (χ1) is 14.5. The molecule has 1 amide bonds. The Hall–Kier alpha value is -1.14. The number of ether oxygens (including phenoxy) is 1. The molecule has 5 nitrogen and oxygen atoms in total. The van der Waals surface area contributed by atoms with Gasteiger partial charge in [0.1, 0.15) is 0 Å². The molecule has 0 aliphatic carbocycles. The number of alkyl halides is 3. The van der Waals surface area contributed by atoms with E-state index in [0.29, 0.717) is 25.7 Å². The van der Waals surface area contributed by atoms with Gasteiger partial charge in [-0.15, -0.1) is 0 Å². The van der Waals surface area contributed by atoms with Crippen LogP contribution in [0.15, 0.2) is 49.8 Å². The molecule has 0 radical (unpaired) electrons. The zero-order valence-corrected chi connectivity index (χ0v) is 21.1. The van der Waals surface area contributed by atoms with E-state index in [9.17, 15) is 23.1 Å². The molecule has 0 bridgehead atoms. The molecule has 0 unspecified atom stereocenters. The predicted octanol–water partition coefficient (Wildman–Crippen LogP) is 5.49. The minimum Gasteiger partial charge on any atom is -0.384 e. The number of aliphatic hydroxyl groups is 1. The molecule has 0 saturated carbocycles. The van der Waals surface area contributed by atoms with Crippen molar-refractivity contribution in [1.29, 1.82) is 0 Å². The van der Waals surface area contributed by atoms with Crippen molar-refractivity contribution in [1.82, 2.24) is 5.32 Å². The standard InChI is InChI=1S/C20H20Br3F3N2O3/c1-31-5-4-18(29)27-10-12-2-3-16(9-17(12)23)28-11-19(30,20(24,25)26)13-6-14(21)8-15(22)7-13/h2-3,6-9,28,30H,4-5,10-11H2,1H3,(H,27,29)/t19-/m1/s1. The fourth-order valence-corrected chi connectivity index (χ4v) is 4.48. The van der Waals surface area contributed by atoms with Crippen LogP contribution in [0.2, 0.25) is 0 Å². The van der Waals surface area contributed by atoms with Gasteiger partial charge in [-0.25, -0.2) is 0 Å². The third kappa shape index (κ3) is 7.18. The van der Waals surface area contributed by atoms with Crippen LogP contribution in [-0.2, 0) is 21.7 Å². The lowest BCUT2D eigenvalue weighted by molar-refractivity contribution is -0.260. The highest BCUT2D eigenvalue weighted by Crippen LogP contribution is 2.41. The molecule has 2 aromatic rings. The first kappa shape index (κ1) is 26.1. The molecule has 2 aromatic carbocycles. The Morgan fingerprint density at radius 1 is 1.10 bits per heavy atom. The number of halogens is 6. The summed E-state index contributed by atoms with van der Waals surface area (Å²) in [6.07, 6.45) is -4.68. The predicted molar refractivity (Wildman–Crippen MR) is 123 cm³/mol. The van der Waals surface area contributed by atoms with Crippen molar-refractivity contribution in [3.63, 3.8) is 0 Å². The van der Waals surface area contributed by atoms with Gasteiger partial charge in [0.25, 0.3) is 0 Å². The number of hydrogen-bond acceptors (Lipinski definition) is 4. The van der Waals surface area contributed by atoms with Gasteiger partial charge in [0.2, 0.25) is 11.5 Å². The molecule has 0 aliphatic heterocycles. The van der Waals surface area contributed by atoms with Gasteiger partial charge in [0, 0.05) is 39.2 Å². The maximum atomic E-state index is 13.8. The molecule has 11 heteroatoms. The monoisotopic (exact) mass is 630 g/mol. The number of carbonyl (C=O) groups excluding carboxylic acids is 1. The van der Waals surface area contributed by atoms with Gasteiger partial charge in [-0.05, 0) is 41.5 Å². The Kier molecular flexibility index (Phi) is 9.38. The fourth-order valence-electron chi connectivity index (χ4n) is 2.67. The second-order valence-corrected chi connectivity index (χ2v) is 9.38. The Morgan fingerprint density at radius 3 is 2.29 bits per heavy atom. The maximum Gasteiger partial charge on any atom is 0.423 e. The third-order valence-electron chi connectivity index (χ3n) is 4.42. The lowest BCUT2D eigenvalue weighted by atomic mass is 9.93. The van der Waals surface area contributed by atoms with Crippen LogP contribution in [0.25, 0.3) is 0 Å². The van der Waals surface area contributed by atoms with Gasteiger partial charge >= 0.3 is 6.18 Å². The number of amides is 1. The second-order valence-electron chi connectivity index (χ2n) is 6.70. The summed E-state index contributed by atoms with van der Waals surface area (Å²) < 4.78 is 47.6. The van der Waals surface area contributed by atoms with Gasteiger partial charge in [-0.1, -0.05) is 53.9 Å². The summed E-state index contributed by atoms with van der Waals surface area (Å²) in [6.45, 7) is -0.229. The average molecular weight is 633 g/mol. The highest BCUT2D eigenvalue weighted by Gasteiger charge is 2.55. The minimum absolute atomic E-state index is 0.175. The summed E-state index contributed by atoms with van der Waals surface area (Å²) in [6, 6.07) is 8.87. The van der Waals surface area contributed by atoms with Crippen molar-refractivity contribution in [2.75, 3.05) is 25.6 Å². The quantitative estimate of drug-likeness (QED) is 0.342. The van der Waals surface area contributed by atoms with Crippen molar-refractivity contribution in [2.24, 2.45) is 0 Å². The van der Waals surface area contributed by atoms with Gasteiger partial charge in [0.15, 0.2) is 0 Å². The molecule has 1 atom stereocenters. The Bertz CT molecular complexity index is 908. The van der Waals surface area contributed by atoms with Gasteiger partial charge < -0.3 is 20.5 Å². The highest BCUT2D eigenvalue weighted by atomic mass is 79.9. The van der Waals surface area contributed by atoms with E-state index < -0.39 is 18.3 Å².